The number of carbonyl (C=O) groups is 1. The van der Waals surface area contributed by atoms with Gasteiger partial charge in [0.15, 0.2) is 0 Å². The largest absolute Gasteiger partial charge is 0.490 e. The van der Waals surface area contributed by atoms with E-state index >= 15 is 0 Å². The predicted octanol–water partition coefficient (Wildman–Crippen LogP) is 5.19. The number of hydrogen-bond acceptors (Lipinski definition) is 3. The summed E-state index contributed by atoms with van der Waals surface area (Å²) in [7, 11) is 0. The second-order valence-electron chi connectivity index (χ2n) is 7.45. The van der Waals surface area contributed by atoms with Crippen molar-refractivity contribution in [2.45, 2.75) is 57.5 Å². The first-order chi connectivity index (χ1) is 13.0. The molecule has 2 aromatic carbocycles. The lowest BCUT2D eigenvalue weighted by atomic mass is 9.68. The molecule has 0 heterocycles. The molecular formula is C23H26N2O2. The standard InChI is InChI=1S/C23H26N2O2/c1-17(2)27-21-12-11-20(15-18(21)16-24)25-22(26)23(13-7-4-8-14-23)19-9-5-3-6-10-19/h3,5-6,9-12,15,17H,4,7-8,13-14H2,1-2H3,(H,25,26). The third kappa shape index (κ3) is 4.14. The molecule has 0 bridgehead atoms. The van der Waals surface area contributed by atoms with E-state index in [9.17, 15) is 10.1 Å². The van der Waals surface area contributed by atoms with E-state index < -0.39 is 5.41 Å². The van der Waals surface area contributed by atoms with Gasteiger partial charge in [0.1, 0.15) is 11.8 Å². The minimum atomic E-state index is -0.501. The van der Waals surface area contributed by atoms with Crippen molar-refractivity contribution in [2.75, 3.05) is 5.32 Å². The lowest BCUT2D eigenvalue weighted by molar-refractivity contribution is -0.122. The summed E-state index contributed by atoms with van der Waals surface area (Å²) in [6.07, 6.45) is 4.95. The van der Waals surface area contributed by atoms with E-state index in [1.165, 1.54) is 6.42 Å². The second-order valence-corrected chi connectivity index (χ2v) is 7.45. The molecule has 140 valence electrons. The van der Waals surface area contributed by atoms with Crippen LogP contribution in [0.1, 0.15) is 57.1 Å². The molecule has 0 radical (unpaired) electrons. The van der Waals surface area contributed by atoms with Crippen molar-refractivity contribution in [1.29, 1.82) is 5.26 Å². The molecule has 1 saturated carbocycles. The van der Waals surface area contributed by atoms with Crippen LogP contribution in [0.3, 0.4) is 0 Å². The first-order valence-corrected chi connectivity index (χ1v) is 9.63. The van der Waals surface area contributed by atoms with Gasteiger partial charge >= 0.3 is 0 Å². The number of benzene rings is 2. The maximum atomic E-state index is 13.3. The Kier molecular flexibility index (Phi) is 5.81. The predicted molar refractivity (Wildman–Crippen MR) is 107 cm³/mol. The highest BCUT2D eigenvalue weighted by atomic mass is 16.5. The summed E-state index contributed by atoms with van der Waals surface area (Å²) in [5, 5.41) is 12.5. The van der Waals surface area contributed by atoms with Crippen molar-refractivity contribution in [2.24, 2.45) is 0 Å². The maximum Gasteiger partial charge on any atom is 0.235 e. The molecule has 1 N–H and O–H groups in total. The smallest absolute Gasteiger partial charge is 0.235 e. The molecule has 0 atom stereocenters. The molecule has 1 fully saturated rings. The SMILES string of the molecule is CC(C)Oc1ccc(NC(=O)C2(c3ccccc3)CCCCC2)cc1C#N. The molecule has 0 unspecified atom stereocenters. The van der Waals surface area contributed by atoms with E-state index in [0.717, 1.165) is 31.2 Å². The molecule has 1 amide bonds. The second kappa shape index (κ2) is 8.26. The van der Waals surface area contributed by atoms with Gasteiger partial charge in [0, 0.05) is 5.69 Å². The fraction of sp³-hybridized carbons (Fsp3) is 0.391. The topological polar surface area (TPSA) is 62.1 Å². The zero-order valence-electron chi connectivity index (χ0n) is 16.0. The Labute approximate surface area is 161 Å². The number of nitrogens with one attached hydrogen (secondary N) is 1. The number of ether oxygens (including phenoxy) is 1. The number of amides is 1. The van der Waals surface area contributed by atoms with Crippen LogP contribution in [0.4, 0.5) is 5.69 Å². The number of carbonyl (C=O) groups excluding carboxylic acids is 1. The van der Waals surface area contributed by atoms with Gasteiger partial charge in [-0.05, 0) is 50.5 Å². The average Bonchev–Trinajstić information content (AvgIpc) is 2.70. The highest BCUT2D eigenvalue weighted by Gasteiger charge is 2.41. The van der Waals surface area contributed by atoms with Crippen LogP contribution in [0.5, 0.6) is 5.75 Å². The molecule has 0 saturated heterocycles. The third-order valence-corrected chi connectivity index (χ3v) is 5.19. The van der Waals surface area contributed by atoms with Crippen LogP contribution in [0.25, 0.3) is 0 Å². The van der Waals surface area contributed by atoms with Gasteiger partial charge in [-0.15, -0.1) is 0 Å². The summed E-state index contributed by atoms with van der Waals surface area (Å²) in [5.74, 6) is 0.552. The van der Waals surface area contributed by atoms with Crippen LogP contribution in [0.15, 0.2) is 48.5 Å². The van der Waals surface area contributed by atoms with E-state index in [1.54, 1.807) is 18.2 Å². The first kappa shape index (κ1) is 19.0. The zero-order valence-corrected chi connectivity index (χ0v) is 16.0. The molecule has 1 aliphatic rings. The van der Waals surface area contributed by atoms with Gasteiger partial charge < -0.3 is 10.1 Å². The number of nitriles is 1. The Bertz CT molecular complexity index is 831. The van der Waals surface area contributed by atoms with Crippen molar-refractivity contribution < 1.29 is 9.53 Å². The molecule has 0 aromatic heterocycles. The molecule has 27 heavy (non-hydrogen) atoms. The Balaban J connectivity index is 1.87. The highest BCUT2D eigenvalue weighted by molar-refractivity contribution is 5.99. The molecule has 0 spiro atoms. The minimum Gasteiger partial charge on any atom is -0.490 e. The molecular weight excluding hydrogens is 336 g/mol. The van der Waals surface area contributed by atoms with Crippen molar-refractivity contribution in [3.8, 4) is 11.8 Å². The number of nitrogens with zero attached hydrogens (tertiary/aromatic N) is 1. The van der Waals surface area contributed by atoms with E-state index in [-0.39, 0.29) is 12.0 Å². The molecule has 0 aliphatic heterocycles. The van der Waals surface area contributed by atoms with Gasteiger partial charge in [-0.2, -0.15) is 5.26 Å². The van der Waals surface area contributed by atoms with Gasteiger partial charge in [0.05, 0.1) is 17.1 Å². The number of hydrogen-bond donors (Lipinski definition) is 1. The molecule has 4 heteroatoms. The summed E-state index contributed by atoms with van der Waals surface area (Å²) in [6.45, 7) is 3.84. The third-order valence-electron chi connectivity index (χ3n) is 5.19. The van der Waals surface area contributed by atoms with Gasteiger partial charge in [0.25, 0.3) is 0 Å². The minimum absolute atomic E-state index is 0.00909. The number of rotatable bonds is 5. The maximum absolute atomic E-state index is 13.3. The summed E-state index contributed by atoms with van der Waals surface area (Å²) in [5.41, 5.74) is 1.63. The van der Waals surface area contributed by atoms with Crippen molar-refractivity contribution in [3.05, 3.63) is 59.7 Å². The summed E-state index contributed by atoms with van der Waals surface area (Å²) in [4.78, 5) is 13.3. The fourth-order valence-electron chi connectivity index (χ4n) is 3.86. The van der Waals surface area contributed by atoms with Crippen LogP contribution >= 0.6 is 0 Å². The van der Waals surface area contributed by atoms with Gasteiger partial charge in [-0.25, -0.2) is 0 Å². The van der Waals surface area contributed by atoms with Crippen LogP contribution < -0.4 is 10.1 Å². The lowest BCUT2D eigenvalue weighted by Crippen LogP contribution is -2.42. The Morgan fingerprint density at radius 2 is 1.81 bits per heavy atom. The quantitative estimate of drug-likeness (QED) is 0.796. The average molecular weight is 362 g/mol. The number of anilines is 1. The van der Waals surface area contributed by atoms with E-state index in [4.69, 9.17) is 4.74 Å². The summed E-state index contributed by atoms with van der Waals surface area (Å²) in [6, 6.07) is 17.5. The van der Waals surface area contributed by atoms with Gasteiger partial charge in [0.2, 0.25) is 5.91 Å². The van der Waals surface area contributed by atoms with Crippen LogP contribution in [0.2, 0.25) is 0 Å². The fourth-order valence-corrected chi connectivity index (χ4v) is 3.86. The molecule has 2 aromatic rings. The Morgan fingerprint density at radius 1 is 1.11 bits per heavy atom. The first-order valence-electron chi connectivity index (χ1n) is 9.63. The highest BCUT2D eigenvalue weighted by Crippen LogP contribution is 2.40. The van der Waals surface area contributed by atoms with E-state index in [0.29, 0.717) is 17.0 Å². The zero-order chi connectivity index (χ0) is 19.3. The van der Waals surface area contributed by atoms with Crippen molar-refractivity contribution >= 4 is 11.6 Å². The molecule has 3 rings (SSSR count). The van der Waals surface area contributed by atoms with Crippen molar-refractivity contribution in [1.82, 2.24) is 0 Å². The van der Waals surface area contributed by atoms with Crippen LogP contribution in [-0.2, 0) is 10.2 Å². The van der Waals surface area contributed by atoms with E-state index in [1.807, 2.05) is 44.2 Å². The summed E-state index contributed by atoms with van der Waals surface area (Å²) < 4.78 is 5.67. The molecule has 1 aliphatic carbocycles. The van der Waals surface area contributed by atoms with Crippen LogP contribution in [-0.4, -0.2) is 12.0 Å². The molecule has 4 nitrogen and oxygen atoms in total. The monoisotopic (exact) mass is 362 g/mol. The van der Waals surface area contributed by atoms with Crippen molar-refractivity contribution in [3.63, 3.8) is 0 Å². The summed E-state index contributed by atoms with van der Waals surface area (Å²) >= 11 is 0. The van der Waals surface area contributed by atoms with Gasteiger partial charge in [-0.3, -0.25) is 4.79 Å². The Morgan fingerprint density at radius 3 is 2.44 bits per heavy atom. The lowest BCUT2D eigenvalue weighted by Gasteiger charge is -2.36. The Hall–Kier alpha value is -2.80. The van der Waals surface area contributed by atoms with Crippen LogP contribution in [0, 0.1) is 11.3 Å². The normalized spacial score (nSPS) is 15.8. The van der Waals surface area contributed by atoms with E-state index in [2.05, 4.69) is 11.4 Å². The van der Waals surface area contributed by atoms with Gasteiger partial charge in [-0.1, -0.05) is 49.6 Å².